The van der Waals surface area contributed by atoms with E-state index < -0.39 is 5.82 Å². The summed E-state index contributed by atoms with van der Waals surface area (Å²) in [7, 11) is 0. The number of rotatable bonds is 3. The van der Waals surface area contributed by atoms with Gasteiger partial charge in [-0.25, -0.2) is 19.3 Å². The van der Waals surface area contributed by atoms with Gasteiger partial charge in [0.25, 0.3) is 0 Å². The number of nitrogens with zero attached hydrogens (tertiary/aromatic N) is 4. The Morgan fingerprint density at radius 2 is 2.18 bits per heavy atom. The smallest absolute Gasteiger partial charge is 0.222 e. The zero-order valence-electron chi connectivity index (χ0n) is 9.18. The van der Waals surface area contributed by atoms with Crippen LogP contribution in [0, 0.1) is 12.7 Å². The molecular weight excluding hydrogens is 223 g/mol. The van der Waals surface area contributed by atoms with Crippen LogP contribution in [0.2, 0.25) is 0 Å². The summed E-state index contributed by atoms with van der Waals surface area (Å²) in [4.78, 5) is 15.4. The van der Waals surface area contributed by atoms with Crippen molar-refractivity contribution in [3.8, 4) is 0 Å². The van der Waals surface area contributed by atoms with E-state index in [0.717, 1.165) is 11.9 Å². The standard InChI is InChI=1S/C10H11FN6/c1-6-13-3-2-7(16-6)4-14-9-8(11)5-15-10(12)17-9/h2-3,5H,4H2,1H3,(H3,12,14,15,17). The maximum Gasteiger partial charge on any atom is 0.222 e. The van der Waals surface area contributed by atoms with Gasteiger partial charge in [-0.2, -0.15) is 4.98 Å². The highest BCUT2D eigenvalue weighted by Gasteiger charge is 2.05. The lowest BCUT2D eigenvalue weighted by atomic mass is 10.4. The molecule has 7 heteroatoms. The molecule has 2 heterocycles. The van der Waals surface area contributed by atoms with E-state index in [9.17, 15) is 4.39 Å². The SMILES string of the molecule is Cc1nccc(CNc2nc(N)ncc2F)n1. The first-order chi connectivity index (χ1) is 8.15. The van der Waals surface area contributed by atoms with Crippen LogP contribution >= 0.6 is 0 Å². The fourth-order valence-corrected chi connectivity index (χ4v) is 1.28. The molecule has 0 bridgehead atoms. The molecule has 0 atom stereocenters. The Hall–Kier alpha value is -2.31. The Bertz CT molecular complexity index is 530. The first-order valence-corrected chi connectivity index (χ1v) is 4.95. The van der Waals surface area contributed by atoms with Gasteiger partial charge in [-0.1, -0.05) is 0 Å². The molecule has 6 nitrogen and oxygen atoms in total. The molecule has 0 aromatic carbocycles. The predicted octanol–water partition coefficient (Wildman–Crippen LogP) is 0.908. The van der Waals surface area contributed by atoms with Crippen LogP contribution in [0.15, 0.2) is 18.5 Å². The van der Waals surface area contributed by atoms with Crippen LogP contribution in [-0.4, -0.2) is 19.9 Å². The minimum atomic E-state index is -0.551. The number of aromatic nitrogens is 4. The summed E-state index contributed by atoms with van der Waals surface area (Å²) in [6, 6.07) is 1.74. The van der Waals surface area contributed by atoms with E-state index in [1.807, 2.05) is 0 Å². The monoisotopic (exact) mass is 234 g/mol. The maximum absolute atomic E-state index is 13.3. The van der Waals surface area contributed by atoms with Gasteiger partial charge >= 0.3 is 0 Å². The number of hydrogen-bond donors (Lipinski definition) is 2. The first-order valence-electron chi connectivity index (χ1n) is 4.95. The van der Waals surface area contributed by atoms with Crippen molar-refractivity contribution >= 4 is 11.8 Å². The second-order valence-corrected chi connectivity index (χ2v) is 3.37. The summed E-state index contributed by atoms with van der Waals surface area (Å²) in [6.45, 7) is 2.13. The zero-order chi connectivity index (χ0) is 12.3. The second kappa shape index (κ2) is 4.69. The second-order valence-electron chi connectivity index (χ2n) is 3.37. The van der Waals surface area contributed by atoms with E-state index >= 15 is 0 Å². The molecule has 0 fully saturated rings. The Kier molecular flexibility index (Phi) is 3.08. The van der Waals surface area contributed by atoms with Crippen molar-refractivity contribution in [2.24, 2.45) is 0 Å². The summed E-state index contributed by atoms with van der Waals surface area (Å²) in [5, 5.41) is 2.80. The van der Waals surface area contributed by atoms with Crippen LogP contribution in [-0.2, 0) is 6.54 Å². The molecule has 0 aliphatic carbocycles. The van der Waals surface area contributed by atoms with Crippen molar-refractivity contribution < 1.29 is 4.39 Å². The minimum Gasteiger partial charge on any atom is -0.368 e. The molecule has 2 rings (SSSR count). The number of halogens is 1. The van der Waals surface area contributed by atoms with Crippen LogP contribution in [0.25, 0.3) is 0 Å². The molecule has 17 heavy (non-hydrogen) atoms. The fourth-order valence-electron chi connectivity index (χ4n) is 1.28. The van der Waals surface area contributed by atoms with Gasteiger partial charge in [0.1, 0.15) is 5.82 Å². The summed E-state index contributed by atoms with van der Waals surface area (Å²) < 4.78 is 13.3. The number of aryl methyl sites for hydroxylation is 1. The highest BCUT2D eigenvalue weighted by Crippen LogP contribution is 2.11. The van der Waals surface area contributed by atoms with Crippen molar-refractivity contribution in [3.05, 3.63) is 35.8 Å². The quantitative estimate of drug-likeness (QED) is 0.820. The third-order valence-electron chi connectivity index (χ3n) is 2.03. The van der Waals surface area contributed by atoms with Gasteiger partial charge < -0.3 is 11.1 Å². The lowest BCUT2D eigenvalue weighted by Gasteiger charge is -2.06. The molecule has 0 saturated carbocycles. The van der Waals surface area contributed by atoms with Gasteiger partial charge in [-0.3, -0.25) is 0 Å². The van der Waals surface area contributed by atoms with Gasteiger partial charge in [0.15, 0.2) is 11.6 Å². The van der Waals surface area contributed by atoms with Gasteiger partial charge in [0.05, 0.1) is 18.4 Å². The van der Waals surface area contributed by atoms with Crippen molar-refractivity contribution in [1.82, 2.24) is 19.9 Å². The Balaban J connectivity index is 2.09. The molecule has 2 aromatic rings. The van der Waals surface area contributed by atoms with Crippen molar-refractivity contribution in [3.63, 3.8) is 0 Å². The van der Waals surface area contributed by atoms with Crippen LogP contribution in [0.5, 0.6) is 0 Å². The third kappa shape index (κ3) is 2.83. The molecule has 88 valence electrons. The highest BCUT2D eigenvalue weighted by molar-refractivity contribution is 5.39. The van der Waals surface area contributed by atoms with E-state index in [2.05, 4.69) is 25.3 Å². The van der Waals surface area contributed by atoms with Gasteiger partial charge in [-0.15, -0.1) is 0 Å². The van der Waals surface area contributed by atoms with Crippen molar-refractivity contribution in [2.75, 3.05) is 11.1 Å². The largest absolute Gasteiger partial charge is 0.368 e. The lowest BCUT2D eigenvalue weighted by molar-refractivity contribution is 0.617. The fraction of sp³-hybridized carbons (Fsp3) is 0.200. The van der Waals surface area contributed by atoms with E-state index in [4.69, 9.17) is 5.73 Å². The lowest BCUT2D eigenvalue weighted by Crippen LogP contribution is -2.08. The summed E-state index contributed by atoms with van der Waals surface area (Å²) in [5.74, 6) is 0.193. The van der Waals surface area contributed by atoms with Gasteiger partial charge in [0, 0.05) is 6.20 Å². The van der Waals surface area contributed by atoms with Crippen LogP contribution in [0.4, 0.5) is 16.2 Å². The number of anilines is 2. The average Bonchev–Trinajstić information content (AvgIpc) is 2.30. The Morgan fingerprint density at radius 1 is 1.35 bits per heavy atom. The Morgan fingerprint density at radius 3 is 2.94 bits per heavy atom. The molecule has 0 amide bonds. The minimum absolute atomic E-state index is 0.0211. The van der Waals surface area contributed by atoms with Crippen molar-refractivity contribution in [1.29, 1.82) is 0 Å². The molecule has 3 N–H and O–H groups in total. The van der Waals surface area contributed by atoms with Gasteiger partial charge in [-0.05, 0) is 13.0 Å². The topological polar surface area (TPSA) is 89.6 Å². The number of hydrogen-bond acceptors (Lipinski definition) is 6. The molecule has 0 aliphatic heterocycles. The average molecular weight is 234 g/mol. The van der Waals surface area contributed by atoms with Crippen LogP contribution < -0.4 is 11.1 Å². The van der Waals surface area contributed by atoms with E-state index in [-0.39, 0.29) is 11.8 Å². The van der Waals surface area contributed by atoms with Crippen molar-refractivity contribution in [2.45, 2.75) is 13.5 Å². The van der Waals surface area contributed by atoms with E-state index in [0.29, 0.717) is 12.4 Å². The maximum atomic E-state index is 13.3. The first kappa shape index (κ1) is 11.2. The zero-order valence-corrected chi connectivity index (χ0v) is 9.18. The van der Waals surface area contributed by atoms with Crippen LogP contribution in [0.1, 0.15) is 11.5 Å². The summed E-state index contributed by atoms with van der Waals surface area (Å²) in [5.41, 5.74) is 6.11. The number of nitrogens with two attached hydrogens (primary N) is 1. The molecule has 0 spiro atoms. The molecular formula is C10H11FN6. The molecule has 0 radical (unpaired) electrons. The predicted molar refractivity (Wildman–Crippen MR) is 60.5 cm³/mol. The molecule has 0 saturated heterocycles. The molecule has 2 aromatic heterocycles. The summed E-state index contributed by atoms with van der Waals surface area (Å²) in [6.07, 6.45) is 2.67. The number of nitrogen functional groups attached to an aromatic ring is 1. The third-order valence-corrected chi connectivity index (χ3v) is 2.03. The highest BCUT2D eigenvalue weighted by atomic mass is 19.1. The van der Waals surface area contributed by atoms with Gasteiger partial charge in [0.2, 0.25) is 5.95 Å². The van der Waals surface area contributed by atoms with Crippen LogP contribution in [0.3, 0.4) is 0 Å². The van der Waals surface area contributed by atoms with E-state index in [1.165, 1.54) is 0 Å². The molecule has 0 unspecified atom stereocenters. The van der Waals surface area contributed by atoms with E-state index in [1.54, 1.807) is 19.2 Å². The number of nitrogens with one attached hydrogen (secondary N) is 1. The molecule has 0 aliphatic rings. The Labute approximate surface area is 97.2 Å². The summed E-state index contributed by atoms with van der Waals surface area (Å²) >= 11 is 0. The normalized spacial score (nSPS) is 10.2.